The van der Waals surface area contributed by atoms with Gasteiger partial charge in [-0.25, -0.2) is 13.8 Å². The minimum atomic E-state index is -0.998. The average Bonchev–Trinajstić information content (AvgIpc) is 3.45. The summed E-state index contributed by atoms with van der Waals surface area (Å²) in [4.78, 5) is 16.5. The third-order valence-electron chi connectivity index (χ3n) is 6.05. The molecule has 5 rings (SSSR count). The van der Waals surface area contributed by atoms with E-state index in [1.165, 1.54) is 6.33 Å². The number of carbonyl (C=O) groups is 1. The van der Waals surface area contributed by atoms with Crippen LogP contribution in [0.25, 0.3) is 16.0 Å². The predicted molar refractivity (Wildman–Crippen MR) is 134 cm³/mol. The summed E-state index contributed by atoms with van der Waals surface area (Å²) in [5.74, 6) is -1.83. The Morgan fingerprint density at radius 1 is 1.22 bits per heavy atom. The Labute approximate surface area is 214 Å². The van der Waals surface area contributed by atoms with Crippen molar-refractivity contribution in [1.29, 1.82) is 0 Å². The number of imidazole rings is 1. The fourth-order valence-corrected chi connectivity index (χ4v) is 5.45. The van der Waals surface area contributed by atoms with E-state index in [4.69, 9.17) is 26.8 Å². The quantitative estimate of drug-likeness (QED) is 0.333. The van der Waals surface area contributed by atoms with Gasteiger partial charge in [0.15, 0.2) is 11.6 Å². The number of rotatable bonds is 7. The first-order valence-electron chi connectivity index (χ1n) is 11.4. The molecule has 1 atom stereocenters. The third-order valence-corrected chi connectivity index (χ3v) is 7.58. The maximum Gasteiger partial charge on any atom is 0.262 e. The number of nitrogens with two attached hydrogens (primary N) is 1. The van der Waals surface area contributed by atoms with E-state index in [0.717, 1.165) is 49.4 Å². The van der Waals surface area contributed by atoms with Crippen LogP contribution in [0.3, 0.4) is 0 Å². The molecule has 0 spiro atoms. The van der Waals surface area contributed by atoms with E-state index in [-0.39, 0.29) is 22.2 Å². The number of halogens is 3. The van der Waals surface area contributed by atoms with Crippen LogP contribution in [0.1, 0.15) is 41.1 Å². The van der Waals surface area contributed by atoms with Crippen molar-refractivity contribution in [2.45, 2.75) is 32.0 Å². The van der Waals surface area contributed by atoms with Gasteiger partial charge in [-0.2, -0.15) is 0 Å². The van der Waals surface area contributed by atoms with Crippen LogP contribution >= 0.6 is 22.9 Å². The molecule has 4 aromatic rings. The lowest BCUT2D eigenvalue weighted by molar-refractivity contribution is 0.0998. The molecular weight excluding hydrogens is 510 g/mol. The molecule has 1 amide bonds. The number of primary amides is 1. The number of hydrogen-bond acceptors (Lipinski definition) is 6. The van der Waals surface area contributed by atoms with Gasteiger partial charge in [-0.15, -0.1) is 11.3 Å². The normalized spacial score (nSPS) is 15.2. The zero-order chi connectivity index (χ0) is 25.4. The van der Waals surface area contributed by atoms with Crippen molar-refractivity contribution in [3.05, 3.63) is 69.8 Å². The predicted octanol–water partition coefficient (Wildman–Crippen LogP) is 5.39. The molecule has 11 heteroatoms. The van der Waals surface area contributed by atoms with Crippen LogP contribution < -0.4 is 20.5 Å². The topological polar surface area (TPSA) is 91.4 Å². The van der Waals surface area contributed by atoms with E-state index in [2.05, 4.69) is 10.3 Å². The molecular formula is C25H23ClF2N4O3S. The monoisotopic (exact) mass is 532 g/mol. The number of aromatic nitrogens is 2. The molecule has 2 aromatic carbocycles. The Morgan fingerprint density at radius 2 is 1.97 bits per heavy atom. The summed E-state index contributed by atoms with van der Waals surface area (Å²) in [6, 6.07) is 9.19. The van der Waals surface area contributed by atoms with Gasteiger partial charge in [-0.1, -0.05) is 23.7 Å². The van der Waals surface area contributed by atoms with Crippen molar-refractivity contribution >= 4 is 39.9 Å². The van der Waals surface area contributed by atoms with E-state index in [9.17, 15) is 13.6 Å². The second kappa shape index (κ2) is 10.0. The molecule has 3 heterocycles. The minimum absolute atomic E-state index is 0.0828. The molecule has 0 unspecified atom stereocenters. The highest BCUT2D eigenvalue weighted by molar-refractivity contribution is 7.16. The van der Waals surface area contributed by atoms with Gasteiger partial charge in [0.2, 0.25) is 0 Å². The summed E-state index contributed by atoms with van der Waals surface area (Å²) in [6.45, 7) is 3.60. The zero-order valence-corrected chi connectivity index (χ0v) is 20.8. The summed E-state index contributed by atoms with van der Waals surface area (Å²) in [5.41, 5.74) is 6.93. The molecule has 1 aliphatic rings. The second-order valence-corrected chi connectivity index (χ2v) is 9.91. The Kier molecular flexibility index (Phi) is 6.83. The molecule has 188 valence electrons. The molecule has 7 nitrogen and oxygen atoms in total. The Morgan fingerprint density at radius 3 is 2.72 bits per heavy atom. The first-order valence-corrected chi connectivity index (χ1v) is 12.6. The Hall–Kier alpha value is -3.21. The third kappa shape index (κ3) is 4.76. The SMILES string of the molecule is C[C@@H](Oc1cc(-n2cnc3cc(F)c(F)cc32)sc1C(N)=O)c1cccc(OC2CCNCC2)c1Cl. The number of nitrogens with one attached hydrogen (secondary N) is 1. The van der Waals surface area contributed by atoms with Crippen molar-refractivity contribution in [2.24, 2.45) is 5.73 Å². The molecule has 0 saturated carbocycles. The van der Waals surface area contributed by atoms with Crippen LogP contribution in [0.2, 0.25) is 5.02 Å². The zero-order valence-electron chi connectivity index (χ0n) is 19.3. The van der Waals surface area contributed by atoms with Gasteiger partial charge in [-0.05, 0) is 38.9 Å². The van der Waals surface area contributed by atoms with Crippen molar-refractivity contribution in [2.75, 3.05) is 13.1 Å². The van der Waals surface area contributed by atoms with E-state index >= 15 is 0 Å². The van der Waals surface area contributed by atoms with Gasteiger partial charge < -0.3 is 20.5 Å². The van der Waals surface area contributed by atoms with Gasteiger partial charge >= 0.3 is 0 Å². The van der Waals surface area contributed by atoms with E-state index < -0.39 is 23.6 Å². The van der Waals surface area contributed by atoms with Crippen molar-refractivity contribution in [1.82, 2.24) is 14.9 Å². The highest BCUT2D eigenvalue weighted by Crippen LogP contribution is 2.39. The number of benzene rings is 2. The van der Waals surface area contributed by atoms with Crippen LogP contribution in [0.5, 0.6) is 11.5 Å². The molecule has 0 bridgehead atoms. The summed E-state index contributed by atoms with van der Waals surface area (Å²) in [7, 11) is 0. The molecule has 36 heavy (non-hydrogen) atoms. The molecule has 2 aromatic heterocycles. The highest BCUT2D eigenvalue weighted by Gasteiger charge is 2.23. The van der Waals surface area contributed by atoms with Gasteiger partial charge in [0.05, 0.1) is 16.1 Å². The summed E-state index contributed by atoms with van der Waals surface area (Å²) in [6.07, 6.45) is 2.75. The average molecular weight is 533 g/mol. The molecule has 0 aliphatic carbocycles. The fourth-order valence-electron chi connectivity index (χ4n) is 4.20. The first-order chi connectivity index (χ1) is 17.3. The summed E-state index contributed by atoms with van der Waals surface area (Å²) in [5, 5.41) is 4.25. The van der Waals surface area contributed by atoms with E-state index in [0.29, 0.717) is 26.9 Å². The van der Waals surface area contributed by atoms with Crippen molar-refractivity contribution < 1.29 is 23.0 Å². The highest BCUT2D eigenvalue weighted by atomic mass is 35.5. The first kappa shape index (κ1) is 24.5. The second-order valence-electron chi connectivity index (χ2n) is 8.50. The molecule has 1 saturated heterocycles. The Balaban J connectivity index is 1.43. The van der Waals surface area contributed by atoms with Crippen LogP contribution in [-0.4, -0.2) is 34.7 Å². The van der Waals surface area contributed by atoms with Crippen molar-refractivity contribution in [3.8, 4) is 16.5 Å². The minimum Gasteiger partial charge on any atom is -0.489 e. The number of piperidine rings is 1. The standard InChI is InChI=1S/C25H23ClF2N4O3S/c1-13(15-3-2-4-20(23(15)26)35-14-5-7-30-8-6-14)34-21-11-22(36-24(21)25(29)33)32-12-31-18-9-16(27)17(28)10-19(18)32/h2-4,9-14,30H,5-8H2,1H3,(H2,29,33)/t13-/m1/s1. The van der Waals surface area contributed by atoms with Crippen LogP contribution in [-0.2, 0) is 0 Å². The van der Waals surface area contributed by atoms with Gasteiger partial charge in [-0.3, -0.25) is 9.36 Å². The van der Waals surface area contributed by atoms with E-state index in [1.54, 1.807) is 10.6 Å². The number of fused-ring (bicyclic) bond motifs is 1. The number of amides is 1. The van der Waals surface area contributed by atoms with Crippen LogP contribution in [0, 0.1) is 11.6 Å². The van der Waals surface area contributed by atoms with Gasteiger partial charge in [0.1, 0.15) is 39.9 Å². The van der Waals surface area contributed by atoms with Crippen molar-refractivity contribution in [3.63, 3.8) is 0 Å². The smallest absolute Gasteiger partial charge is 0.262 e. The van der Waals surface area contributed by atoms with Gasteiger partial charge in [0, 0.05) is 23.8 Å². The van der Waals surface area contributed by atoms with Gasteiger partial charge in [0.25, 0.3) is 5.91 Å². The molecule has 1 aliphatic heterocycles. The number of thiophene rings is 1. The number of nitrogens with zero attached hydrogens (tertiary/aromatic N) is 2. The Bertz CT molecular complexity index is 1430. The summed E-state index contributed by atoms with van der Waals surface area (Å²) >= 11 is 7.74. The van der Waals surface area contributed by atoms with Crippen LogP contribution in [0.15, 0.2) is 42.7 Å². The molecule has 3 N–H and O–H groups in total. The maximum absolute atomic E-state index is 13.9. The largest absolute Gasteiger partial charge is 0.489 e. The lowest BCUT2D eigenvalue weighted by Gasteiger charge is -2.25. The lowest BCUT2D eigenvalue weighted by Crippen LogP contribution is -2.34. The van der Waals surface area contributed by atoms with E-state index in [1.807, 2.05) is 25.1 Å². The number of carbonyl (C=O) groups excluding carboxylic acids is 1. The molecule has 0 radical (unpaired) electrons. The van der Waals surface area contributed by atoms with Crippen LogP contribution in [0.4, 0.5) is 8.78 Å². The molecule has 1 fully saturated rings. The lowest BCUT2D eigenvalue weighted by atomic mass is 10.1. The number of hydrogen-bond donors (Lipinski definition) is 2. The maximum atomic E-state index is 13.9. The number of ether oxygens (including phenoxy) is 2. The summed E-state index contributed by atoms with van der Waals surface area (Å²) < 4.78 is 41.3. The fraction of sp³-hybridized carbons (Fsp3) is 0.280.